The lowest BCUT2D eigenvalue weighted by atomic mass is 10.2. The van der Waals surface area contributed by atoms with Gasteiger partial charge in [0.1, 0.15) is 12.1 Å². The molecule has 2 aliphatic heterocycles. The number of hydrogen-bond donors (Lipinski definition) is 2. The fourth-order valence-corrected chi connectivity index (χ4v) is 4.07. The number of anilines is 1. The highest BCUT2D eigenvalue weighted by Crippen LogP contribution is 2.26. The van der Waals surface area contributed by atoms with Gasteiger partial charge >= 0.3 is 11.9 Å². The molecule has 0 spiro atoms. The van der Waals surface area contributed by atoms with E-state index in [1.54, 1.807) is 0 Å². The minimum Gasteiger partial charge on any atom is -0.467 e. The normalized spacial score (nSPS) is 16.9. The number of para-hydroxylation sites is 1. The molecule has 2 aliphatic rings. The molecule has 2 N–H and O–H groups in total. The zero-order chi connectivity index (χ0) is 29.0. The van der Waals surface area contributed by atoms with Crippen LogP contribution in [0.3, 0.4) is 0 Å². The van der Waals surface area contributed by atoms with Crippen molar-refractivity contribution in [2.45, 2.75) is 65.0 Å². The van der Waals surface area contributed by atoms with Crippen LogP contribution in [-0.4, -0.2) is 63.6 Å². The highest BCUT2D eigenvalue weighted by atomic mass is 127. The van der Waals surface area contributed by atoms with Crippen molar-refractivity contribution in [2.75, 3.05) is 32.7 Å². The van der Waals surface area contributed by atoms with Gasteiger partial charge in [0, 0.05) is 22.1 Å². The summed E-state index contributed by atoms with van der Waals surface area (Å²) in [5.41, 5.74) is 0.750. The Morgan fingerprint density at radius 1 is 0.950 bits per heavy atom. The first-order chi connectivity index (χ1) is 18.8. The molecule has 4 rings (SSSR count). The van der Waals surface area contributed by atoms with Crippen LogP contribution in [0.4, 0.5) is 5.69 Å². The van der Waals surface area contributed by atoms with Crippen LogP contribution in [0.1, 0.15) is 52.9 Å². The molecule has 222 valence electrons. The van der Waals surface area contributed by atoms with Gasteiger partial charge in [-0.05, 0) is 79.7 Å². The fourth-order valence-electron chi connectivity index (χ4n) is 3.66. The van der Waals surface area contributed by atoms with Crippen molar-refractivity contribution in [1.29, 1.82) is 0 Å². The summed E-state index contributed by atoms with van der Waals surface area (Å²) in [6.07, 6.45) is 4.51. The second-order valence-corrected chi connectivity index (χ2v) is 9.86. The predicted molar refractivity (Wildman–Crippen MR) is 167 cm³/mol. The SMILES string of the molecule is C.CCCCNC.COC(=O)[C@H]1CCC(=O)N1.COC(=O)[C@H]1CCC(=O)N1c1ccccc1.Ic1ccccc1. The van der Waals surface area contributed by atoms with Crippen molar-refractivity contribution in [3.63, 3.8) is 0 Å². The van der Waals surface area contributed by atoms with Gasteiger partial charge in [-0.15, -0.1) is 0 Å². The first kappa shape index (κ1) is 37.0. The molecule has 0 radical (unpaired) electrons. The van der Waals surface area contributed by atoms with E-state index in [9.17, 15) is 19.2 Å². The molecule has 2 heterocycles. The number of unbranched alkanes of at least 4 members (excludes halogenated alkanes) is 1. The molecule has 2 amide bonds. The molecule has 2 aromatic carbocycles. The summed E-state index contributed by atoms with van der Waals surface area (Å²) < 4.78 is 10.4. The van der Waals surface area contributed by atoms with Crippen LogP contribution in [-0.2, 0) is 28.7 Å². The third kappa shape index (κ3) is 13.9. The van der Waals surface area contributed by atoms with Crippen LogP contribution in [0.25, 0.3) is 0 Å². The van der Waals surface area contributed by atoms with E-state index in [2.05, 4.69) is 57.0 Å². The number of ether oxygens (including phenoxy) is 2. The number of halogens is 1. The summed E-state index contributed by atoms with van der Waals surface area (Å²) in [4.78, 5) is 46.0. The number of hydrogen-bond acceptors (Lipinski definition) is 7. The van der Waals surface area contributed by atoms with Crippen molar-refractivity contribution in [1.82, 2.24) is 10.6 Å². The highest BCUT2D eigenvalue weighted by Gasteiger charge is 2.37. The molecule has 0 aromatic heterocycles. The summed E-state index contributed by atoms with van der Waals surface area (Å²) in [5, 5.41) is 5.56. The molecule has 10 heteroatoms. The van der Waals surface area contributed by atoms with E-state index in [-0.39, 0.29) is 31.2 Å². The lowest BCUT2D eigenvalue weighted by Crippen LogP contribution is -2.39. The maximum Gasteiger partial charge on any atom is 0.328 e. The Kier molecular flexibility index (Phi) is 20.2. The Bertz CT molecular complexity index is 1000. The van der Waals surface area contributed by atoms with Crippen LogP contribution < -0.4 is 15.5 Å². The summed E-state index contributed by atoms with van der Waals surface area (Å²) >= 11 is 2.28. The lowest BCUT2D eigenvalue weighted by molar-refractivity contribution is -0.143. The van der Waals surface area contributed by atoms with Crippen molar-refractivity contribution in [2.24, 2.45) is 0 Å². The molecule has 0 bridgehead atoms. The third-order valence-corrected chi connectivity index (χ3v) is 6.43. The van der Waals surface area contributed by atoms with Crippen LogP contribution in [0, 0.1) is 3.57 Å². The summed E-state index contributed by atoms with van der Waals surface area (Å²) in [5.74, 6) is -0.808. The number of nitrogens with one attached hydrogen (secondary N) is 2. The highest BCUT2D eigenvalue weighted by molar-refractivity contribution is 14.1. The molecule has 0 saturated carbocycles. The number of carbonyl (C=O) groups excluding carboxylic acids is 4. The minimum absolute atomic E-state index is 0. The number of esters is 2. The molecule has 2 fully saturated rings. The van der Waals surface area contributed by atoms with E-state index in [1.807, 2.05) is 55.6 Å². The summed E-state index contributed by atoms with van der Waals surface area (Å²) in [6.45, 7) is 3.36. The zero-order valence-electron chi connectivity index (χ0n) is 23.2. The van der Waals surface area contributed by atoms with E-state index in [0.717, 1.165) is 12.2 Å². The van der Waals surface area contributed by atoms with Crippen LogP contribution in [0.15, 0.2) is 60.7 Å². The first-order valence-electron chi connectivity index (χ1n) is 13.0. The van der Waals surface area contributed by atoms with Gasteiger partial charge in [0.05, 0.1) is 14.2 Å². The Balaban J connectivity index is 0.000000546. The molecule has 0 unspecified atom stereocenters. The van der Waals surface area contributed by atoms with E-state index in [1.165, 1.54) is 35.5 Å². The number of rotatable bonds is 6. The smallest absolute Gasteiger partial charge is 0.328 e. The quantitative estimate of drug-likeness (QED) is 0.260. The van der Waals surface area contributed by atoms with E-state index < -0.39 is 12.1 Å². The number of nitrogens with zero attached hydrogens (tertiary/aromatic N) is 1. The van der Waals surface area contributed by atoms with Crippen molar-refractivity contribution < 1.29 is 28.7 Å². The molecule has 0 aliphatic carbocycles. The Hall–Kier alpha value is -2.99. The second kappa shape index (κ2) is 21.8. The average molecular weight is 670 g/mol. The fraction of sp³-hybridized carbons (Fsp3) is 0.467. The molecule has 9 nitrogen and oxygen atoms in total. The second-order valence-electron chi connectivity index (χ2n) is 8.61. The van der Waals surface area contributed by atoms with Crippen LogP contribution in [0.5, 0.6) is 0 Å². The predicted octanol–water partition coefficient (Wildman–Crippen LogP) is 4.73. The molecular formula is C30H44IN3O6. The van der Waals surface area contributed by atoms with Crippen molar-refractivity contribution in [3.8, 4) is 0 Å². The third-order valence-electron chi connectivity index (χ3n) is 5.71. The Morgan fingerprint density at radius 2 is 1.52 bits per heavy atom. The van der Waals surface area contributed by atoms with Gasteiger partial charge in [0.25, 0.3) is 0 Å². The van der Waals surface area contributed by atoms with Gasteiger partial charge in [-0.25, -0.2) is 9.59 Å². The van der Waals surface area contributed by atoms with Gasteiger partial charge in [0.15, 0.2) is 0 Å². The maximum absolute atomic E-state index is 11.7. The van der Waals surface area contributed by atoms with Gasteiger partial charge in [-0.2, -0.15) is 0 Å². The summed E-state index contributed by atoms with van der Waals surface area (Å²) in [7, 11) is 4.64. The monoisotopic (exact) mass is 669 g/mol. The number of amides is 2. The summed E-state index contributed by atoms with van der Waals surface area (Å²) in [6, 6.07) is 18.5. The van der Waals surface area contributed by atoms with Gasteiger partial charge in [0.2, 0.25) is 11.8 Å². The molecule has 2 saturated heterocycles. The molecule has 2 aromatic rings. The standard InChI is InChI=1S/C12H13NO3.C6H5I.C6H9NO3.C5H13N.CH4/c1-16-12(15)10-7-8-11(14)13(10)9-5-3-2-4-6-9;7-6-4-2-1-3-5-6;1-10-6(9)4-2-3-5(8)7-4;1-3-4-5-6-2;/h2-6,10H,7-8H2,1H3;1-5H;4H,2-3H2,1H3,(H,7,8);6H,3-5H2,1-2H3;1H4/t10-;;4-;;/m1.1../s1. The van der Waals surface area contributed by atoms with E-state index in [4.69, 9.17) is 4.74 Å². The van der Waals surface area contributed by atoms with Gasteiger partial charge in [-0.3, -0.25) is 14.5 Å². The molecule has 40 heavy (non-hydrogen) atoms. The van der Waals surface area contributed by atoms with Crippen molar-refractivity contribution >= 4 is 52.0 Å². The van der Waals surface area contributed by atoms with Gasteiger partial charge in [-0.1, -0.05) is 57.2 Å². The Labute approximate surface area is 252 Å². The molecule has 2 atom stereocenters. The first-order valence-corrected chi connectivity index (χ1v) is 14.0. The zero-order valence-corrected chi connectivity index (χ0v) is 25.3. The minimum atomic E-state index is -0.472. The number of carbonyl (C=O) groups is 4. The van der Waals surface area contributed by atoms with Crippen molar-refractivity contribution in [3.05, 3.63) is 64.2 Å². The van der Waals surface area contributed by atoms with Gasteiger partial charge < -0.3 is 20.1 Å². The average Bonchev–Trinajstić information content (AvgIpc) is 3.58. The number of methoxy groups -OCH3 is 2. The molecular weight excluding hydrogens is 625 g/mol. The number of benzene rings is 2. The largest absolute Gasteiger partial charge is 0.467 e. The topological polar surface area (TPSA) is 114 Å². The lowest BCUT2D eigenvalue weighted by Gasteiger charge is -2.22. The van der Waals surface area contributed by atoms with Crippen LogP contribution in [0.2, 0.25) is 0 Å². The van der Waals surface area contributed by atoms with E-state index in [0.29, 0.717) is 25.7 Å². The van der Waals surface area contributed by atoms with E-state index >= 15 is 0 Å². The van der Waals surface area contributed by atoms with Crippen LogP contribution >= 0.6 is 22.6 Å². The maximum atomic E-state index is 11.7. The Morgan fingerprint density at radius 3 is 1.93 bits per heavy atom.